The average molecular weight is 261 g/mol. The molecule has 1 fully saturated rings. The molecule has 3 heteroatoms. The van der Waals surface area contributed by atoms with E-state index in [0.29, 0.717) is 17.9 Å². The molecule has 1 aromatic rings. The van der Waals surface area contributed by atoms with Gasteiger partial charge in [0.25, 0.3) is 0 Å². The number of rotatable bonds is 4. The second-order valence-electron chi connectivity index (χ2n) is 5.71. The third kappa shape index (κ3) is 3.10. The van der Waals surface area contributed by atoms with Crippen molar-refractivity contribution in [1.29, 1.82) is 0 Å². The van der Waals surface area contributed by atoms with E-state index in [4.69, 9.17) is 4.74 Å². The van der Waals surface area contributed by atoms with Gasteiger partial charge in [-0.2, -0.15) is 0 Å². The molecule has 0 bridgehead atoms. The highest BCUT2D eigenvalue weighted by molar-refractivity contribution is 5.38. The van der Waals surface area contributed by atoms with Crippen molar-refractivity contribution in [3.63, 3.8) is 0 Å². The fourth-order valence-corrected chi connectivity index (χ4v) is 3.30. The lowest BCUT2D eigenvalue weighted by atomic mass is 9.87. The van der Waals surface area contributed by atoms with E-state index >= 15 is 0 Å². The first-order valence-corrected chi connectivity index (χ1v) is 7.50. The fourth-order valence-electron chi connectivity index (χ4n) is 3.30. The predicted octanol–water partition coefficient (Wildman–Crippen LogP) is 2.93. The summed E-state index contributed by atoms with van der Waals surface area (Å²) < 4.78 is 5.65. The molecule has 19 heavy (non-hydrogen) atoms. The minimum Gasteiger partial charge on any atom is -0.508 e. The van der Waals surface area contributed by atoms with Gasteiger partial charge in [0.15, 0.2) is 0 Å². The number of hydrogen-bond acceptors (Lipinski definition) is 3. The number of ether oxygens (including phenoxy) is 1. The summed E-state index contributed by atoms with van der Waals surface area (Å²) in [5.41, 5.74) is 2.68. The maximum absolute atomic E-state index is 9.56. The van der Waals surface area contributed by atoms with Crippen LogP contribution in [-0.4, -0.2) is 24.4 Å². The van der Waals surface area contributed by atoms with Crippen molar-refractivity contribution in [1.82, 2.24) is 5.32 Å². The Bertz CT molecular complexity index is 427. The molecular weight excluding hydrogens is 238 g/mol. The number of aryl methyl sites for hydroxylation is 1. The molecule has 3 rings (SSSR count). The largest absolute Gasteiger partial charge is 0.508 e. The number of hydrogen-bond donors (Lipinski definition) is 2. The van der Waals surface area contributed by atoms with Crippen LogP contribution in [0.4, 0.5) is 0 Å². The first-order chi connectivity index (χ1) is 9.33. The Kier molecular flexibility index (Phi) is 4.04. The van der Waals surface area contributed by atoms with Crippen molar-refractivity contribution in [2.45, 2.75) is 50.7 Å². The molecule has 2 aliphatic rings. The standard InChI is InChI=1S/C16H23NO2/c18-13-6-7-15-12(11-13)3-1-5-16(15)17-9-8-14-4-2-10-19-14/h6-7,11,14,16-18H,1-5,8-10H2. The molecule has 1 heterocycles. The first kappa shape index (κ1) is 12.9. The van der Waals surface area contributed by atoms with E-state index in [2.05, 4.69) is 11.4 Å². The van der Waals surface area contributed by atoms with Crippen LogP contribution in [0, 0.1) is 0 Å². The summed E-state index contributed by atoms with van der Waals surface area (Å²) in [5.74, 6) is 0.388. The van der Waals surface area contributed by atoms with Gasteiger partial charge in [0.2, 0.25) is 0 Å². The van der Waals surface area contributed by atoms with E-state index in [1.807, 2.05) is 6.07 Å². The van der Waals surface area contributed by atoms with Crippen LogP contribution in [0.1, 0.15) is 49.3 Å². The second-order valence-corrected chi connectivity index (χ2v) is 5.71. The molecule has 1 aliphatic carbocycles. The zero-order chi connectivity index (χ0) is 13.1. The Balaban J connectivity index is 1.57. The highest BCUT2D eigenvalue weighted by Gasteiger charge is 2.21. The summed E-state index contributed by atoms with van der Waals surface area (Å²) in [7, 11) is 0. The highest BCUT2D eigenvalue weighted by atomic mass is 16.5. The van der Waals surface area contributed by atoms with Gasteiger partial charge in [0.05, 0.1) is 6.10 Å². The second kappa shape index (κ2) is 5.93. The quantitative estimate of drug-likeness (QED) is 0.875. The van der Waals surface area contributed by atoms with Crippen LogP contribution < -0.4 is 5.32 Å². The number of phenolic OH excluding ortho intramolecular Hbond substituents is 1. The Morgan fingerprint density at radius 2 is 2.21 bits per heavy atom. The lowest BCUT2D eigenvalue weighted by Crippen LogP contribution is -2.28. The van der Waals surface area contributed by atoms with E-state index in [1.54, 1.807) is 6.07 Å². The summed E-state index contributed by atoms with van der Waals surface area (Å²) in [6.07, 6.45) is 7.51. The Morgan fingerprint density at radius 3 is 3.05 bits per heavy atom. The van der Waals surface area contributed by atoms with Crippen molar-refractivity contribution in [2.24, 2.45) is 0 Å². The smallest absolute Gasteiger partial charge is 0.115 e. The third-order valence-electron chi connectivity index (χ3n) is 4.32. The summed E-state index contributed by atoms with van der Waals surface area (Å²) in [6, 6.07) is 6.25. The fraction of sp³-hybridized carbons (Fsp3) is 0.625. The van der Waals surface area contributed by atoms with E-state index in [0.717, 1.165) is 26.0 Å². The molecule has 0 amide bonds. The predicted molar refractivity (Wildman–Crippen MR) is 75.4 cm³/mol. The number of fused-ring (bicyclic) bond motifs is 1. The molecule has 0 radical (unpaired) electrons. The molecule has 1 aliphatic heterocycles. The first-order valence-electron chi connectivity index (χ1n) is 7.50. The molecule has 0 spiro atoms. The van der Waals surface area contributed by atoms with Gasteiger partial charge in [-0.3, -0.25) is 0 Å². The SMILES string of the molecule is Oc1ccc2c(c1)CCCC2NCCC1CCCO1. The van der Waals surface area contributed by atoms with Crippen molar-refractivity contribution in [3.8, 4) is 5.75 Å². The van der Waals surface area contributed by atoms with Crippen LogP contribution in [0.25, 0.3) is 0 Å². The molecular formula is C16H23NO2. The number of benzene rings is 1. The van der Waals surface area contributed by atoms with Crippen LogP contribution >= 0.6 is 0 Å². The molecule has 1 aromatic carbocycles. The van der Waals surface area contributed by atoms with Gasteiger partial charge >= 0.3 is 0 Å². The third-order valence-corrected chi connectivity index (χ3v) is 4.32. The lowest BCUT2D eigenvalue weighted by Gasteiger charge is -2.27. The van der Waals surface area contributed by atoms with Crippen LogP contribution in [-0.2, 0) is 11.2 Å². The Labute approximate surface area is 115 Å². The van der Waals surface area contributed by atoms with Gasteiger partial charge in [-0.05, 0) is 68.3 Å². The van der Waals surface area contributed by atoms with Crippen molar-refractivity contribution < 1.29 is 9.84 Å². The molecule has 0 aromatic heterocycles. The number of phenols is 1. The molecule has 0 saturated carbocycles. The summed E-state index contributed by atoms with van der Waals surface area (Å²) in [5, 5.41) is 13.2. The Hall–Kier alpha value is -1.06. The van der Waals surface area contributed by atoms with Crippen LogP contribution in [0.5, 0.6) is 5.75 Å². The summed E-state index contributed by atoms with van der Waals surface area (Å²) in [4.78, 5) is 0. The molecule has 3 nitrogen and oxygen atoms in total. The average Bonchev–Trinajstić information content (AvgIpc) is 2.92. The number of aromatic hydroxyl groups is 1. The molecule has 2 N–H and O–H groups in total. The molecule has 2 unspecified atom stereocenters. The van der Waals surface area contributed by atoms with Gasteiger partial charge in [0, 0.05) is 12.6 Å². The van der Waals surface area contributed by atoms with Gasteiger partial charge < -0.3 is 15.2 Å². The normalized spacial score (nSPS) is 26.3. The van der Waals surface area contributed by atoms with E-state index < -0.39 is 0 Å². The van der Waals surface area contributed by atoms with Gasteiger partial charge in [0.1, 0.15) is 5.75 Å². The van der Waals surface area contributed by atoms with E-state index in [9.17, 15) is 5.11 Å². The maximum Gasteiger partial charge on any atom is 0.115 e. The summed E-state index contributed by atoms with van der Waals surface area (Å²) >= 11 is 0. The summed E-state index contributed by atoms with van der Waals surface area (Å²) in [6.45, 7) is 1.96. The van der Waals surface area contributed by atoms with Gasteiger partial charge in [-0.15, -0.1) is 0 Å². The lowest BCUT2D eigenvalue weighted by molar-refractivity contribution is 0.103. The zero-order valence-electron chi connectivity index (χ0n) is 11.4. The maximum atomic E-state index is 9.56. The molecule has 104 valence electrons. The molecule has 1 saturated heterocycles. The van der Waals surface area contributed by atoms with Crippen LogP contribution in [0.3, 0.4) is 0 Å². The monoisotopic (exact) mass is 261 g/mol. The zero-order valence-corrected chi connectivity index (χ0v) is 11.4. The van der Waals surface area contributed by atoms with Crippen molar-refractivity contribution in [2.75, 3.05) is 13.2 Å². The highest BCUT2D eigenvalue weighted by Crippen LogP contribution is 2.31. The number of nitrogens with one attached hydrogen (secondary N) is 1. The van der Waals surface area contributed by atoms with Crippen LogP contribution in [0.15, 0.2) is 18.2 Å². The minimum atomic E-state index is 0.388. The van der Waals surface area contributed by atoms with Crippen molar-refractivity contribution in [3.05, 3.63) is 29.3 Å². The van der Waals surface area contributed by atoms with Crippen molar-refractivity contribution >= 4 is 0 Å². The van der Waals surface area contributed by atoms with E-state index in [-0.39, 0.29) is 0 Å². The van der Waals surface area contributed by atoms with Gasteiger partial charge in [-0.1, -0.05) is 6.07 Å². The molecule has 2 atom stereocenters. The van der Waals surface area contributed by atoms with E-state index in [1.165, 1.54) is 36.8 Å². The van der Waals surface area contributed by atoms with Gasteiger partial charge in [-0.25, -0.2) is 0 Å². The minimum absolute atomic E-state index is 0.388. The van der Waals surface area contributed by atoms with Crippen LogP contribution in [0.2, 0.25) is 0 Å². The Morgan fingerprint density at radius 1 is 1.26 bits per heavy atom. The topological polar surface area (TPSA) is 41.5 Å².